The van der Waals surface area contributed by atoms with E-state index in [9.17, 15) is 24.5 Å². The number of benzene rings is 2. The van der Waals surface area contributed by atoms with E-state index < -0.39 is 11.8 Å². The molecule has 0 bridgehead atoms. The van der Waals surface area contributed by atoms with Crippen LogP contribution in [0.5, 0.6) is 17.5 Å². The van der Waals surface area contributed by atoms with E-state index in [1.165, 1.54) is 22.8 Å². The van der Waals surface area contributed by atoms with Gasteiger partial charge in [-0.25, -0.2) is 4.39 Å². The topological polar surface area (TPSA) is 95.2 Å². The van der Waals surface area contributed by atoms with Gasteiger partial charge in [0.25, 0.3) is 0 Å². The highest BCUT2D eigenvalue weighted by Gasteiger charge is 2.29. The maximum atomic E-state index is 14.3. The third-order valence-electron chi connectivity index (χ3n) is 8.06. The van der Waals surface area contributed by atoms with E-state index >= 15 is 0 Å². The fraction of sp³-hybridized carbons (Fsp3) is 0.452. The van der Waals surface area contributed by atoms with E-state index in [0.29, 0.717) is 31.8 Å². The summed E-state index contributed by atoms with van der Waals surface area (Å²) >= 11 is 5.94. The van der Waals surface area contributed by atoms with Crippen molar-refractivity contribution in [1.82, 2.24) is 9.47 Å². The summed E-state index contributed by atoms with van der Waals surface area (Å²) in [5.41, 5.74) is 2.99. The smallest absolute Gasteiger partial charge is 0.306 e. The molecule has 7 nitrogen and oxygen atoms in total. The summed E-state index contributed by atoms with van der Waals surface area (Å²) in [6.45, 7) is 6.14. The van der Waals surface area contributed by atoms with Crippen molar-refractivity contribution in [3.05, 3.63) is 76.1 Å². The number of carbonyl (C=O) groups is 1. The number of nitrogens with zero attached hydrogens (tertiary/aromatic N) is 2. The molecule has 0 saturated heterocycles. The first-order chi connectivity index (χ1) is 19.2. The number of halogens is 2. The summed E-state index contributed by atoms with van der Waals surface area (Å²) in [6, 6.07) is 13.8. The number of rotatable bonds is 12. The second-order valence-corrected chi connectivity index (χ2v) is 11.1. The predicted octanol–water partition coefficient (Wildman–Crippen LogP) is 6.79. The van der Waals surface area contributed by atoms with Crippen LogP contribution in [0.3, 0.4) is 0 Å². The molecule has 1 aromatic heterocycles. The predicted molar refractivity (Wildman–Crippen MR) is 152 cm³/mol. The molecule has 0 amide bonds. The van der Waals surface area contributed by atoms with E-state index in [2.05, 4.69) is 24.8 Å². The maximum Gasteiger partial charge on any atom is 0.306 e. The molecule has 40 heavy (non-hydrogen) atoms. The Hall–Kier alpha value is -3.23. The minimum atomic E-state index is -0.711. The van der Waals surface area contributed by atoms with Crippen LogP contribution in [0.2, 0.25) is 5.02 Å². The van der Waals surface area contributed by atoms with Gasteiger partial charge in [0.05, 0.1) is 17.5 Å². The number of ether oxygens (including phenoxy) is 1. The standard InChI is InChI=1S/C31H38ClFN2O5/c1-3-23-16-22(6-11-28(23)40-15-14-35-29(36)12-13-30(35)37)19-34(18-21-4-7-24(8-5-21)31(38)39)20(2)25-9-10-26(32)27(33)17-25/h6,9-13,16-17,20-21,24,36-37H,3-5,7-8,14-15,18-19H2,1-2H3,(H,38,39)/t20-,21?,24?/m0/s1. The molecule has 2 aromatic carbocycles. The zero-order valence-corrected chi connectivity index (χ0v) is 23.8. The summed E-state index contributed by atoms with van der Waals surface area (Å²) in [7, 11) is 0. The fourth-order valence-corrected chi connectivity index (χ4v) is 5.69. The Morgan fingerprint density at radius 3 is 2.42 bits per heavy atom. The lowest BCUT2D eigenvalue weighted by atomic mass is 9.81. The van der Waals surface area contributed by atoms with E-state index in [0.717, 1.165) is 48.2 Å². The highest BCUT2D eigenvalue weighted by atomic mass is 35.5. The van der Waals surface area contributed by atoms with Crippen molar-refractivity contribution in [3.63, 3.8) is 0 Å². The van der Waals surface area contributed by atoms with Crippen LogP contribution in [-0.2, 0) is 24.3 Å². The monoisotopic (exact) mass is 572 g/mol. The normalized spacial score (nSPS) is 18.1. The zero-order valence-electron chi connectivity index (χ0n) is 23.0. The molecule has 1 atom stereocenters. The first-order valence-corrected chi connectivity index (χ1v) is 14.3. The van der Waals surface area contributed by atoms with Crippen LogP contribution in [0.15, 0.2) is 48.5 Å². The minimum Gasteiger partial charge on any atom is -0.494 e. The third-order valence-corrected chi connectivity index (χ3v) is 8.37. The lowest BCUT2D eigenvalue weighted by molar-refractivity contribution is -0.143. The van der Waals surface area contributed by atoms with Gasteiger partial charge < -0.3 is 20.1 Å². The largest absolute Gasteiger partial charge is 0.494 e. The Bertz CT molecular complexity index is 1290. The van der Waals surface area contributed by atoms with Crippen molar-refractivity contribution in [2.75, 3.05) is 13.2 Å². The van der Waals surface area contributed by atoms with Gasteiger partial charge in [0.1, 0.15) is 18.2 Å². The Balaban J connectivity index is 1.48. The van der Waals surface area contributed by atoms with E-state index in [1.807, 2.05) is 18.2 Å². The lowest BCUT2D eigenvalue weighted by Crippen LogP contribution is -2.34. The van der Waals surface area contributed by atoms with Crippen molar-refractivity contribution < 1.29 is 29.2 Å². The Kier molecular flexibility index (Phi) is 9.98. The molecule has 3 aromatic rings. The van der Waals surface area contributed by atoms with Crippen LogP contribution in [0, 0.1) is 17.7 Å². The van der Waals surface area contributed by atoms with E-state index in [-0.39, 0.29) is 35.3 Å². The van der Waals surface area contributed by atoms with Gasteiger partial charge in [0.2, 0.25) is 0 Å². The summed E-state index contributed by atoms with van der Waals surface area (Å²) in [6.07, 6.45) is 3.84. The number of hydrogen-bond donors (Lipinski definition) is 3. The van der Waals surface area contributed by atoms with E-state index in [4.69, 9.17) is 16.3 Å². The first-order valence-electron chi connectivity index (χ1n) is 13.9. The van der Waals surface area contributed by atoms with Crippen LogP contribution >= 0.6 is 11.6 Å². The number of aliphatic carboxylic acids is 1. The van der Waals surface area contributed by atoms with Crippen molar-refractivity contribution in [3.8, 4) is 17.5 Å². The van der Waals surface area contributed by atoms with Crippen LogP contribution in [0.25, 0.3) is 0 Å². The molecule has 216 valence electrons. The molecule has 0 aliphatic heterocycles. The third kappa shape index (κ3) is 7.29. The number of aromatic nitrogens is 1. The SMILES string of the molecule is CCc1cc(CN(CC2CCC(C(=O)O)CC2)[C@@H](C)c2ccc(Cl)c(F)c2)ccc1OCCn1c(O)ccc1O. The average Bonchev–Trinajstić information content (AvgIpc) is 3.27. The van der Waals surface area contributed by atoms with Gasteiger partial charge in [-0.2, -0.15) is 0 Å². The molecule has 1 heterocycles. The van der Waals surface area contributed by atoms with Crippen LogP contribution < -0.4 is 4.74 Å². The van der Waals surface area contributed by atoms with Crippen LogP contribution in [0.4, 0.5) is 4.39 Å². The molecule has 1 aliphatic carbocycles. The van der Waals surface area contributed by atoms with Gasteiger partial charge in [-0.3, -0.25) is 14.3 Å². The second-order valence-electron chi connectivity index (χ2n) is 10.7. The van der Waals surface area contributed by atoms with E-state index in [1.54, 1.807) is 6.07 Å². The molecule has 1 saturated carbocycles. The number of carboxylic acid groups (broad SMARTS) is 1. The molecule has 3 N–H and O–H groups in total. The molecule has 0 unspecified atom stereocenters. The lowest BCUT2D eigenvalue weighted by Gasteiger charge is -2.35. The van der Waals surface area contributed by atoms with Crippen molar-refractivity contribution in [1.29, 1.82) is 0 Å². The molecule has 0 radical (unpaired) electrons. The quantitative estimate of drug-likeness (QED) is 0.221. The maximum absolute atomic E-state index is 14.3. The Morgan fingerprint density at radius 1 is 1.10 bits per heavy atom. The molecule has 9 heteroatoms. The van der Waals surface area contributed by atoms with Gasteiger partial charge in [0, 0.05) is 31.3 Å². The zero-order chi connectivity index (χ0) is 28.8. The second kappa shape index (κ2) is 13.4. The Labute approximate surface area is 239 Å². The number of aryl methyl sites for hydroxylation is 1. The minimum absolute atomic E-state index is 0.0154. The molecule has 4 rings (SSSR count). The summed E-state index contributed by atoms with van der Waals surface area (Å²) in [5.74, 6) is -0.330. The fourth-order valence-electron chi connectivity index (χ4n) is 5.57. The summed E-state index contributed by atoms with van der Waals surface area (Å²) in [5, 5.41) is 29.2. The molecular formula is C31H38ClFN2O5. The number of aromatic hydroxyl groups is 2. The van der Waals surface area contributed by atoms with Gasteiger partial charge in [-0.05, 0) is 79.8 Å². The molecule has 1 aliphatic rings. The molecule has 0 spiro atoms. The van der Waals surface area contributed by atoms with Gasteiger partial charge in [-0.1, -0.05) is 36.7 Å². The van der Waals surface area contributed by atoms with Crippen molar-refractivity contribution >= 4 is 17.6 Å². The molecule has 1 fully saturated rings. The Morgan fingerprint density at radius 2 is 1.80 bits per heavy atom. The van der Waals surface area contributed by atoms with Gasteiger partial charge >= 0.3 is 5.97 Å². The van der Waals surface area contributed by atoms with Gasteiger partial charge in [-0.15, -0.1) is 0 Å². The summed E-state index contributed by atoms with van der Waals surface area (Å²) < 4.78 is 21.7. The van der Waals surface area contributed by atoms with Crippen LogP contribution in [-0.4, -0.2) is 43.9 Å². The van der Waals surface area contributed by atoms with Crippen molar-refractivity contribution in [2.24, 2.45) is 11.8 Å². The number of carboxylic acids is 1. The highest BCUT2D eigenvalue weighted by Crippen LogP contribution is 2.34. The molecular weight excluding hydrogens is 535 g/mol. The summed E-state index contributed by atoms with van der Waals surface area (Å²) in [4.78, 5) is 13.8. The highest BCUT2D eigenvalue weighted by molar-refractivity contribution is 6.30. The first kappa shape index (κ1) is 29.7. The van der Waals surface area contributed by atoms with Crippen LogP contribution in [0.1, 0.15) is 62.3 Å². The van der Waals surface area contributed by atoms with Crippen molar-refractivity contribution in [2.45, 2.75) is 65.1 Å². The van der Waals surface area contributed by atoms with Gasteiger partial charge in [0.15, 0.2) is 11.8 Å². The average molecular weight is 573 g/mol. The number of hydrogen-bond acceptors (Lipinski definition) is 5.